The Morgan fingerprint density at radius 2 is 2.04 bits per heavy atom. The normalized spacial score (nSPS) is 10.7. The summed E-state index contributed by atoms with van der Waals surface area (Å²) in [7, 11) is 0. The molecule has 0 fully saturated rings. The molecule has 1 N–H and O–H groups in total. The molecule has 8 heteroatoms. The minimum atomic E-state index is -0.154. The fraction of sp³-hybridized carbons (Fsp3) is 0.235. The van der Waals surface area contributed by atoms with Crippen molar-refractivity contribution in [2.24, 2.45) is 0 Å². The summed E-state index contributed by atoms with van der Waals surface area (Å²) in [6.45, 7) is 5.92. The molecule has 0 spiro atoms. The van der Waals surface area contributed by atoms with Gasteiger partial charge in [-0.3, -0.25) is 4.79 Å². The van der Waals surface area contributed by atoms with Gasteiger partial charge in [0.25, 0.3) is 0 Å². The van der Waals surface area contributed by atoms with Gasteiger partial charge in [-0.05, 0) is 55.0 Å². The summed E-state index contributed by atoms with van der Waals surface area (Å²) >= 11 is 1.28. The summed E-state index contributed by atoms with van der Waals surface area (Å²) in [6, 6.07) is 11.5. The molecule has 0 aliphatic carbocycles. The van der Waals surface area contributed by atoms with Crippen LogP contribution in [0.15, 0.2) is 41.6 Å². The Morgan fingerprint density at radius 1 is 1.20 bits per heavy atom. The molecule has 3 rings (SSSR count). The predicted molar refractivity (Wildman–Crippen MR) is 97.0 cm³/mol. The zero-order valence-corrected chi connectivity index (χ0v) is 15.0. The zero-order chi connectivity index (χ0) is 17.8. The van der Waals surface area contributed by atoms with Gasteiger partial charge in [-0.2, -0.15) is 4.68 Å². The number of amides is 1. The van der Waals surface area contributed by atoms with Gasteiger partial charge in [0.2, 0.25) is 11.1 Å². The summed E-state index contributed by atoms with van der Waals surface area (Å²) in [5.41, 5.74) is 4.00. The number of tetrazole rings is 1. The maximum atomic E-state index is 12.1. The number of thioether (sulfide) groups is 1. The molecule has 7 nitrogen and oxygen atoms in total. The molecular weight excluding hydrogens is 336 g/mol. The number of hydrogen-bond acceptors (Lipinski definition) is 6. The molecule has 0 unspecified atom stereocenters. The number of aryl methyl sites for hydroxylation is 3. The van der Waals surface area contributed by atoms with E-state index in [0.717, 1.165) is 16.9 Å². The largest absolute Gasteiger partial charge is 0.310 e. The lowest BCUT2D eigenvalue weighted by Crippen LogP contribution is -2.15. The quantitative estimate of drug-likeness (QED) is 0.709. The number of carbonyl (C=O) groups excluding carboxylic acids is 1. The van der Waals surface area contributed by atoms with E-state index in [1.54, 1.807) is 10.7 Å². The summed E-state index contributed by atoms with van der Waals surface area (Å²) in [6.07, 6.45) is 0. The first kappa shape index (κ1) is 17.1. The van der Waals surface area contributed by atoms with Gasteiger partial charge in [0.05, 0.1) is 11.4 Å². The van der Waals surface area contributed by atoms with E-state index in [9.17, 15) is 4.79 Å². The van der Waals surface area contributed by atoms with Crippen molar-refractivity contribution in [2.45, 2.75) is 25.9 Å². The molecule has 128 valence electrons. The van der Waals surface area contributed by atoms with Gasteiger partial charge < -0.3 is 5.32 Å². The van der Waals surface area contributed by atoms with Gasteiger partial charge in [-0.15, -0.1) is 5.10 Å². The van der Waals surface area contributed by atoms with Gasteiger partial charge in [-0.1, -0.05) is 35.5 Å². The lowest BCUT2D eigenvalue weighted by atomic mass is 10.1. The third kappa shape index (κ3) is 4.21. The molecule has 0 aliphatic heterocycles. The molecule has 0 radical (unpaired) electrons. The molecule has 3 aromatic rings. The van der Waals surface area contributed by atoms with Crippen molar-refractivity contribution in [1.82, 2.24) is 25.2 Å². The van der Waals surface area contributed by atoms with Gasteiger partial charge in [0.1, 0.15) is 5.82 Å². The van der Waals surface area contributed by atoms with Crippen molar-refractivity contribution >= 4 is 23.5 Å². The molecule has 0 aliphatic rings. The first-order valence-electron chi connectivity index (χ1n) is 7.75. The second-order valence-electron chi connectivity index (χ2n) is 5.66. The second kappa shape index (κ2) is 7.43. The molecule has 2 aromatic heterocycles. The molecule has 0 atom stereocenters. The average molecular weight is 354 g/mol. The highest BCUT2D eigenvalue weighted by Crippen LogP contribution is 2.21. The highest BCUT2D eigenvalue weighted by molar-refractivity contribution is 7.99. The van der Waals surface area contributed by atoms with E-state index in [2.05, 4.69) is 31.9 Å². The second-order valence-corrected chi connectivity index (χ2v) is 6.61. The van der Waals surface area contributed by atoms with Gasteiger partial charge in [0.15, 0.2) is 0 Å². The number of benzene rings is 1. The smallest absolute Gasteiger partial charge is 0.236 e. The summed E-state index contributed by atoms with van der Waals surface area (Å²) < 4.78 is 1.65. The van der Waals surface area contributed by atoms with Crippen LogP contribution in [-0.4, -0.2) is 36.9 Å². The number of aromatic nitrogens is 5. The van der Waals surface area contributed by atoms with Crippen LogP contribution in [-0.2, 0) is 4.79 Å². The maximum Gasteiger partial charge on any atom is 0.236 e. The van der Waals surface area contributed by atoms with Crippen LogP contribution in [0.2, 0.25) is 0 Å². The number of nitrogens with zero attached hydrogens (tertiary/aromatic N) is 5. The number of pyridine rings is 1. The van der Waals surface area contributed by atoms with Crippen molar-refractivity contribution in [3.05, 3.63) is 53.2 Å². The first-order valence-corrected chi connectivity index (χ1v) is 8.74. The lowest BCUT2D eigenvalue weighted by molar-refractivity contribution is -0.113. The molecule has 0 saturated carbocycles. The predicted octanol–water partition coefficient (Wildman–Crippen LogP) is 2.71. The third-order valence-corrected chi connectivity index (χ3v) is 4.43. The van der Waals surface area contributed by atoms with Crippen LogP contribution in [0, 0.1) is 20.8 Å². The topological polar surface area (TPSA) is 85.6 Å². The first-order chi connectivity index (χ1) is 12.0. The standard InChI is InChI=1S/C17H18N6OS/c1-11-7-8-14(12(2)9-11)23-17(20-21-22-23)25-10-16(24)19-15-6-4-5-13(3)18-15/h4-9H,10H2,1-3H3,(H,18,19,24). The van der Waals surface area contributed by atoms with Gasteiger partial charge in [0, 0.05) is 5.69 Å². The highest BCUT2D eigenvalue weighted by Gasteiger charge is 2.13. The van der Waals surface area contributed by atoms with Crippen LogP contribution in [0.4, 0.5) is 5.82 Å². The Balaban J connectivity index is 1.68. The molecular formula is C17H18N6OS. The highest BCUT2D eigenvalue weighted by atomic mass is 32.2. The van der Waals surface area contributed by atoms with Crippen LogP contribution in [0.25, 0.3) is 5.69 Å². The minimum Gasteiger partial charge on any atom is -0.310 e. The van der Waals surface area contributed by atoms with Crippen LogP contribution >= 0.6 is 11.8 Å². The SMILES string of the molecule is Cc1ccc(-n2nnnc2SCC(=O)Nc2cccc(C)n2)c(C)c1. The Hall–Kier alpha value is -2.74. The van der Waals surface area contributed by atoms with Crippen molar-refractivity contribution < 1.29 is 4.79 Å². The van der Waals surface area contributed by atoms with Crippen molar-refractivity contribution in [3.8, 4) is 5.69 Å². The Labute approximate surface area is 149 Å². The average Bonchev–Trinajstić information content (AvgIpc) is 3.01. The number of rotatable bonds is 5. The zero-order valence-electron chi connectivity index (χ0n) is 14.2. The molecule has 2 heterocycles. The summed E-state index contributed by atoms with van der Waals surface area (Å²) in [4.78, 5) is 16.4. The lowest BCUT2D eigenvalue weighted by Gasteiger charge is -2.08. The number of anilines is 1. The number of hydrogen-bond donors (Lipinski definition) is 1. The Morgan fingerprint density at radius 3 is 2.80 bits per heavy atom. The van der Waals surface area contributed by atoms with E-state index in [-0.39, 0.29) is 11.7 Å². The van der Waals surface area contributed by atoms with E-state index in [0.29, 0.717) is 11.0 Å². The van der Waals surface area contributed by atoms with E-state index in [4.69, 9.17) is 0 Å². The molecule has 1 amide bonds. The maximum absolute atomic E-state index is 12.1. The van der Waals surface area contributed by atoms with E-state index in [1.165, 1.54) is 17.3 Å². The fourth-order valence-electron chi connectivity index (χ4n) is 2.38. The van der Waals surface area contributed by atoms with Crippen molar-refractivity contribution in [1.29, 1.82) is 0 Å². The number of carbonyl (C=O) groups is 1. The minimum absolute atomic E-state index is 0.154. The third-order valence-electron chi connectivity index (χ3n) is 3.51. The van der Waals surface area contributed by atoms with Crippen LogP contribution < -0.4 is 5.32 Å². The fourth-order valence-corrected chi connectivity index (χ4v) is 3.07. The van der Waals surface area contributed by atoms with E-state index in [1.807, 2.05) is 45.0 Å². The molecule has 0 bridgehead atoms. The van der Waals surface area contributed by atoms with Crippen LogP contribution in [0.3, 0.4) is 0 Å². The molecule has 0 saturated heterocycles. The van der Waals surface area contributed by atoms with E-state index < -0.39 is 0 Å². The molecule has 25 heavy (non-hydrogen) atoms. The van der Waals surface area contributed by atoms with Crippen LogP contribution in [0.5, 0.6) is 0 Å². The van der Waals surface area contributed by atoms with Crippen LogP contribution in [0.1, 0.15) is 16.8 Å². The Kier molecular flexibility index (Phi) is 5.08. The Bertz CT molecular complexity index is 908. The van der Waals surface area contributed by atoms with Gasteiger partial charge in [-0.25, -0.2) is 4.98 Å². The van der Waals surface area contributed by atoms with Crippen molar-refractivity contribution in [2.75, 3.05) is 11.1 Å². The summed E-state index contributed by atoms with van der Waals surface area (Å²) in [5.74, 6) is 0.582. The van der Waals surface area contributed by atoms with Crippen molar-refractivity contribution in [3.63, 3.8) is 0 Å². The monoisotopic (exact) mass is 354 g/mol. The number of nitrogens with one attached hydrogen (secondary N) is 1. The summed E-state index contributed by atoms with van der Waals surface area (Å²) in [5, 5.41) is 15.1. The van der Waals surface area contributed by atoms with E-state index >= 15 is 0 Å². The van der Waals surface area contributed by atoms with Gasteiger partial charge >= 0.3 is 0 Å². The molecule has 1 aromatic carbocycles.